The normalized spacial score (nSPS) is 14.8. The second-order valence-corrected chi connectivity index (χ2v) is 9.51. The summed E-state index contributed by atoms with van der Waals surface area (Å²) in [7, 11) is -0.197. The molecule has 3 aromatic rings. The molecule has 0 amide bonds. The van der Waals surface area contributed by atoms with Gasteiger partial charge < -0.3 is 9.47 Å². The molecule has 0 aliphatic carbocycles. The highest BCUT2D eigenvalue weighted by Crippen LogP contribution is 2.40. The number of aromatic nitrogens is 1. The third-order valence-corrected chi connectivity index (χ3v) is 7.78. The van der Waals surface area contributed by atoms with E-state index in [1.54, 1.807) is 30.7 Å². The molecule has 2 heterocycles. The summed E-state index contributed by atoms with van der Waals surface area (Å²) in [5, 5.41) is 2.77. The molecule has 0 N–H and O–H groups in total. The van der Waals surface area contributed by atoms with Gasteiger partial charge in [0.05, 0.1) is 30.4 Å². The van der Waals surface area contributed by atoms with Crippen LogP contribution in [0.4, 0.5) is 0 Å². The fourth-order valence-corrected chi connectivity index (χ4v) is 5.83. The number of nitrogens with zero attached hydrogens (tertiary/aromatic N) is 2. The van der Waals surface area contributed by atoms with Crippen LogP contribution in [-0.4, -0.2) is 45.0 Å². The second-order valence-electron chi connectivity index (χ2n) is 6.71. The highest BCUT2D eigenvalue weighted by Gasteiger charge is 2.27. The van der Waals surface area contributed by atoms with Crippen LogP contribution in [0.2, 0.25) is 0 Å². The number of rotatable bonds is 6. The van der Waals surface area contributed by atoms with Crippen molar-refractivity contribution in [3.05, 3.63) is 47.8 Å². The minimum atomic E-state index is -3.41. The third kappa shape index (κ3) is 3.75. The highest BCUT2D eigenvalue weighted by atomic mass is 32.2. The fraction of sp³-hybridized carbons (Fsp3) is 0.286. The summed E-state index contributed by atoms with van der Waals surface area (Å²) in [4.78, 5) is 5.05. The molecule has 1 aliphatic rings. The van der Waals surface area contributed by atoms with E-state index in [4.69, 9.17) is 14.5 Å². The van der Waals surface area contributed by atoms with E-state index in [0.29, 0.717) is 29.5 Å². The van der Waals surface area contributed by atoms with Crippen LogP contribution in [0, 0.1) is 0 Å². The molecule has 2 aromatic carbocycles. The van der Waals surface area contributed by atoms with Crippen LogP contribution in [0.3, 0.4) is 0 Å². The molecule has 1 saturated heterocycles. The quantitative estimate of drug-likeness (QED) is 0.584. The van der Waals surface area contributed by atoms with Crippen LogP contribution in [0.5, 0.6) is 11.5 Å². The Bertz CT molecular complexity index is 1100. The predicted octanol–water partition coefficient (Wildman–Crippen LogP) is 4.28. The Kier molecular flexibility index (Phi) is 5.58. The van der Waals surface area contributed by atoms with E-state index >= 15 is 0 Å². The Morgan fingerprint density at radius 1 is 1.00 bits per heavy atom. The van der Waals surface area contributed by atoms with Gasteiger partial charge >= 0.3 is 0 Å². The summed E-state index contributed by atoms with van der Waals surface area (Å²) < 4.78 is 37.8. The van der Waals surface area contributed by atoms with Gasteiger partial charge in [-0.05, 0) is 37.1 Å². The van der Waals surface area contributed by atoms with Crippen LogP contribution >= 0.6 is 11.3 Å². The zero-order chi connectivity index (χ0) is 20.4. The van der Waals surface area contributed by atoms with Crippen molar-refractivity contribution in [2.45, 2.75) is 17.7 Å². The molecule has 6 nitrogen and oxygen atoms in total. The molecule has 29 heavy (non-hydrogen) atoms. The standard InChI is InChI=1S/C21H22N2O4S2/c1-26-19-7-5-6-17(20(19)27-2)21-22-18(14-28-21)15-8-10-16(11-9-15)29(24,25)23-12-3-4-13-23/h5-11,14H,3-4,12-13H2,1-2H3. The summed E-state index contributed by atoms with van der Waals surface area (Å²) in [6, 6.07) is 12.6. The third-order valence-electron chi connectivity index (χ3n) is 4.99. The first-order chi connectivity index (χ1) is 14.0. The Hall–Kier alpha value is -2.42. The molecule has 8 heteroatoms. The van der Waals surface area contributed by atoms with Gasteiger partial charge in [-0.1, -0.05) is 18.2 Å². The Morgan fingerprint density at radius 2 is 1.72 bits per heavy atom. The maximum Gasteiger partial charge on any atom is 0.243 e. The van der Waals surface area contributed by atoms with E-state index < -0.39 is 10.0 Å². The highest BCUT2D eigenvalue weighted by molar-refractivity contribution is 7.89. The van der Waals surface area contributed by atoms with E-state index in [-0.39, 0.29) is 0 Å². The molecule has 0 saturated carbocycles. The van der Waals surface area contributed by atoms with Gasteiger partial charge in [0.2, 0.25) is 10.0 Å². The van der Waals surface area contributed by atoms with Gasteiger partial charge in [-0.15, -0.1) is 11.3 Å². The smallest absolute Gasteiger partial charge is 0.243 e. The number of benzene rings is 2. The minimum Gasteiger partial charge on any atom is -0.493 e. The Morgan fingerprint density at radius 3 is 2.38 bits per heavy atom. The second kappa shape index (κ2) is 8.14. The molecule has 1 aliphatic heterocycles. The molecule has 1 fully saturated rings. The summed E-state index contributed by atoms with van der Waals surface area (Å²) in [5.74, 6) is 1.29. The largest absolute Gasteiger partial charge is 0.493 e. The number of methoxy groups -OCH3 is 2. The lowest BCUT2D eigenvalue weighted by Gasteiger charge is -2.15. The molecule has 0 unspecified atom stereocenters. The maximum atomic E-state index is 12.7. The number of hydrogen-bond acceptors (Lipinski definition) is 6. The van der Waals surface area contributed by atoms with Crippen LogP contribution < -0.4 is 9.47 Å². The van der Waals surface area contributed by atoms with Gasteiger partial charge in [-0.25, -0.2) is 13.4 Å². The molecule has 0 atom stereocenters. The minimum absolute atomic E-state index is 0.327. The first-order valence-corrected chi connectivity index (χ1v) is 11.6. The van der Waals surface area contributed by atoms with Crippen molar-refractivity contribution in [2.75, 3.05) is 27.3 Å². The van der Waals surface area contributed by atoms with Crippen molar-refractivity contribution >= 4 is 21.4 Å². The van der Waals surface area contributed by atoms with Gasteiger partial charge in [0, 0.05) is 24.0 Å². The monoisotopic (exact) mass is 430 g/mol. The number of ether oxygens (including phenoxy) is 2. The van der Waals surface area contributed by atoms with E-state index in [2.05, 4.69) is 0 Å². The van der Waals surface area contributed by atoms with Crippen molar-refractivity contribution in [1.82, 2.24) is 9.29 Å². The van der Waals surface area contributed by atoms with Crippen LogP contribution in [0.25, 0.3) is 21.8 Å². The van der Waals surface area contributed by atoms with Crippen LogP contribution in [0.15, 0.2) is 52.7 Å². The lowest BCUT2D eigenvalue weighted by molar-refractivity contribution is 0.356. The predicted molar refractivity (Wildman–Crippen MR) is 114 cm³/mol. The molecule has 0 radical (unpaired) electrons. The lowest BCUT2D eigenvalue weighted by atomic mass is 10.1. The molecular weight excluding hydrogens is 408 g/mol. The molecule has 4 rings (SSSR count). The average molecular weight is 431 g/mol. The SMILES string of the molecule is COc1cccc(-c2nc(-c3ccc(S(=O)(=O)N4CCCC4)cc3)cs2)c1OC. The van der Waals surface area contributed by atoms with Gasteiger partial charge in [-0.2, -0.15) is 4.31 Å². The zero-order valence-electron chi connectivity index (χ0n) is 16.3. The van der Waals surface area contributed by atoms with Crippen molar-refractivity contribution in [3.63, 3.8) is 0 Å². The van der Waals surface area contributed by atoms with Crippen LogP contribution in [0.1, 0.15) is 12.8 Å². The molecule has 0 spiro atoms. The van der Waals surface area contributed by atoms with Crippen molar-refractivity contribution in [3.8, 4) is 33.3 Å². The molecule has 152 valence electrons. The summed E-state index contributed by atoms with van der Waals surface area (Å²) >= 11 is 1.50. The van der Waals surface area contributed by atoms with Gasteiger partial charge in [0.15, 0.2) is 11.5 Å². The molecule has 0 bridgehead atoms. The average Bonchev–Trinajstić information content (AvgIpc) is 3.45. The van der Waals surface area contributed by atoms with Gasteiger partial charge in [-0.3, -0.25) is 0 Å². The van der Waals surface area contributed by atoms with E-state index in [9.17, 15) is 8.42 Å². The zero-order valence-corrected chi connectivity index (χ0v) is 17.9. The molecule has 1 aromatic heterocycles. The number of hydrogen-bond donors (Lipinski definition) is 0. The number of thiazole rings is 1. The number of para-hydroxylation sites is 1. The first-order valence-electron chi connectivity index (χ1n) is 9.32. The van der Waals surface area contributed by atoms with Crippen molar-refractivity contribution < 1.29 is 17.9 Å². The summed E-state index contributed by atoms with van der Waals surface area (Å²) in [6.45, 7) is 1.20. The van der Waals surface area contributed by atoms with Gasteiger partial charge in [0.25, 0.3) is 0 Å². The van der Waals surface area contributed by atoms with E-state index in [1.165, 1.54) is 11.3 Å². The lowest BCUT2D eigenvalue weighted by Crippen LogP contribution is -2.27. The topological polar surface area (TPSA) is 68.7 Å². The van der Waals surface area contributed by atoms with Crippen molar-refractivity contribution in [1.29, 1.82) is 0 Å². The maximum absolute atomic E-state index is 12.7. The Balaban J connectivity index is 1.62. The van der Waals surface area contributed by atoms with Crippen LogP contribution in [-0.2, 0) is 10.0 Å². The Labute approximate surface area is 174 Å². The summed E-state index contributed by atoms with van der Waals surface area (Å²) in [5.41, 5.74) is 2.52. The van der Waals surface area contributed by atoms with E-state index in [0.717, 1.165) is 34.7 Å². The summed E-state index contributed by atoms with van der Waals surface area (Å²) in [6.07, 6.45) is 1.85. The van der Waals surface area contributed by atoms with E-state index in [1.807, 2.05) is 35.7 Å². The molecular formula is C21H22N2O4S2. The fourth-order valence-electron chi connectivity index (χ4n) is 3.46. The van der Waals surface area contributed by atoms with Crippen molar-refractivity contribution in [2.24, 2.45) is 0 Å². The van der Waals surface area contributed by atoms with Gasteiger partial charge in [0.1, 0.15) is 5.01 Å². The number of sulfonamides is 1. The first kappa shape index (κ1) is 19.9.